The summed E-state index contributed by atoms with van der Waals surface area (Å²) < 4.78 is 12.2. The van der Waals surface area contributed by atoms with Crippen LogP contribution in [-0.4, -0.2) is 20.8 Å². The highest BCUT2D eigenvalue weighted by Crippen LogP contribution is 2.33. The number of allylic oxidation sites excluding steroid dienone is 2. The Morgan fingerprint density at radius 2 is 1.65 bits per heavy atom. The lowest BCUT2D eigenvalue weighted by Crippen LogP contribution is -2.43. The van der Waals surface area contributed by atoms with E-state index in [1.165, 1.54) is 18.4 Å². The summed E-state index contributed by atoms with van der Waals surface area (Å²) >= 11 is 0. The molecule has 0 saturated heterocycles. The number of hydrogen-bond donors (Lipinski definition) is 0. The second-order valence-electron chi connectivity index (χ2n) is 5.99. The van der Waals surface area contributed by atoms with Crippen LogP contribution in [0, 0.1) is 5.92 Å². The van der Waals surface area contributed by atoms with Crippen molar-refractivity contribution in [1.82, 2.24) is 0 Å². The lowest BCUT2D eigenvalue weighted by molar-refractivity contribution is 0.111. The first-order chi connectivity index (χ1) is 7.81. The van der Waals surface area contributed by atoms with Crippen molar-refractivity contribution in [1.29, 1.82) is 0 Å². The maximum absolute atomic E-state index is 6.10. The maximum Gasteiger partial charge on any atom is 0.339 e. The van der Waals surface area contributed by atoms with Crippen molar-refractivity contribution in [2.75, 3.05) is 0 Å². The average Bonchev–Trinajstić information content (AvgIpc) is 2.82. The molecule has 0 aliphatic heterocycles. The summed E-state index contributed by atoms with van der Waals surface area (Å²) in [5, 5.41) is 0. The average molecular weight is 256 g/mol. The highest BCUT2D eigenvalue weighted by molar-refractivity contribution is 6.66. The van der Waals surface area contributed by atoms with Gasteiger partial charge in [-0.1, -0.05) is 11.6 Å². The molecular formula is C14H28O2Si. The Balaban J connectivity index is 2.60. The van der Waals surface area contributed by atoms with Crippen LogP contribution in [0.2, 0.25) is 12.6 Å². The molecule has 0 heterocycles. The largest absolute Gasteiger partial charge is 0.392 e. The number of rotatable bonds is 7. The highest BCUT2D eigenvalue weighted by atomic mass is 28.4. The summed E-state index contributed by atoms with van der Waals surface area (Å²) in [5.74, 6) is 0.839. The lowest BCUT2D eigenvalue weighted by atomic mass is 10.2. The second-order valence-corrected chi connectivity index (χ2v) is 9.09. The topological polar surface area (TPSA) is 18.5 Å². The summed E-state index contributed by atoms with van der Waals surface area (Å²) in [5.41, 5.74) is 1.45. The van der Waals surface area contributed by atoms with Gasteiger partial charge in [0.2, 0.25) is 0 Å². The minimum Gasteiger partial charge on any atom is -0.392 e. The molecule has 1 aliphatic carbocycles. The van der Waals surface area contributed by atoms with Crippen LogP contribution in [-0.2, 0) is 8.85 Å². The predicted octanol–water partition coefficient (Wildman–Crippen LogP) is 4.26. The van der Waals surface area contributed by atoms with Gasteiger partial charge in [0.15, 0.2) is 0 Å². The molecule has 17 heavy (non-hydrogen) atoms. The van der Waals surface area contributed by atoms with Gasteiger partial charge in [0.1, 0.15) is 0 Å². The molecule has 0 aromatic rings. The van der Waals surface area contributed by atoms with E-state index in [1.807, 2.05) is 0 Å². The summed E-state index contributed by atoms with van der Waals surface area (Å²) in [7, 11) is -2.05. The molecule has 0 unspecified atom stereocenters. The van der Waals surface area contributed by atoms with Crippen molar-refractivity contribution in [2.24, 2.45) is 5.92 Å². The minimum absolute atomic E-state index is 0.249. The van der Waals surface area contributed by atoms with Crippen LogP contribution < -0.4 is 0 Å². The van der Waals surface area contributed by atoms with Crippen LogP contribution in [0.25, 0.3) is 0 Å². The van der Waals surface area contributed by atoms with Crippen molar-refractivity contribution in [3.05, 3.63) is 11.6 Å². The van der Waals surface area contributed by atoms with E-state index < -0.39 is 8.56 Å². The Hall–Kier alpha value is -0.123. The van der Waals surface area contributed by atoms with Crippen LogP contribution in [0.1, 0.15) is 47.5 Å². The first kappa shape index (κ1) is 14.9. The molecule has 0 spiro atoms. The standard InChI is InChI=1S/C14H28O2Si/c1-11(2)15-17(6,16-12(3)4)10-13(5)9-14-7-8-14/h9,11-12,14H,7-8,10H2,1-6H3. The molecule has 1 rings (SSSR count). The zero-order valence-corrected chi connectivity index (χ0v) is 13.2. The molecule has 1 fully saturated rings. The van der Waals surface area contributed by atoms with E-state index in [9.17, 15) is 0 Å². The Morgan fingerprint density at radius 1 is 1.18 bits per heavy atom. The third kappa shape index (κ3) is 6.39. The Labute approximate surface area is 108 Å². The molecule has 0 radical (unpaired) electrons. The SMILES string of the molecule is CC(=CC1CC1)C[Si](C)(OC(C)C)OC(C)C. The second kappa shape index (κ2) is 6.16. The molecule has 0 amide bonds. The van der Waals surface area contributed by atoms with E-state index in [2.05, 4.69) is 47.2 Å². The summed E-state index contributed by atoms with van der Waals surface area (Å²) in [4.78, 5) is 0. The Morgan fingerprint density at radius 3 is 2.00 bits per heavy atom. The van der Waals surface area contributed by atoms with Gasteiger partial charge in [0, 0.05) is 18.3 Å². The molecule has 3 heteroatoms. The smallest absolute Gasteiger partial charge is 0.339 e. The molecule has 100 valence electrons. The predicted molar refractivity (Wildman–Crippen MR) is 75.3 cm³/mol. The maximum atomic E-state index is 6.10. The molecule has 0 atom stereocenters. The van der Waals surface area contributed by atoms with E-state index in [0.717, 1.165) is 12.0 Å². The Kier molecular flexibility index (Phi) is 5.42. The van der Waals surface area contributed by atoms with Gasteiger partial charge in [-0.05, 0) is 59.9 Å². The van der Waals surface area contributed by atoms with Gasteiger partial charge in [-0.15, -0.1) is 0 Å². The van der Waals surface area contributed by atoms with E-state index in [-0.39, 0.29) is 12.2 Å². The van der Waals surface area contributed by atoms with Gasteiger partial charge in [-0.3, -0.25) is 0 Å². The van der Waals surface area contributed by atoms with Crippen LogP contribution in [0.3, 0.4) is 0 Å². The van der Waals surface area contributed by atoms with Crippen LogP contribution in [0.5, 0.6) is 0 Å². The van der Waals surface area contributed by atoms with Crippen molar-refractivity contribution in [3.63, 3.8) is 0 Å². The first-order valence-corrected chi connectivity index (χ1v) is 9.36. The molecule has 1 saturated carbocycles. The lowest BCUT2D eigenvalue weighted by Gasteiger charge is -2.31. The van der Waals surface area contributed by atoms with E-state index in [0.29, 0.717) is 0 Å². The highest BCUT2D eigenvalue weighted by Gasteiger charge is 2.34. The van der Waals surface area contributed by atoms with Crippen LogP contribution >= 0.6 is 0 Å². The molecule has 0 aromatic heterocycles. The minimum atomic E-state index is -2.05. The summed E-state index contributed by atoms with van der Waals surface area (Å²) in [6, 6.07) is 1.000. The zero-order chi connectivity index (χ0) is 13.1. The van der Waals surface area contributed by atoms with Crippen molar-refractivity contribution in [3.8, 4) is 0 Å². The van der Waals surface area contributed by atoms with Gasteiger partial charge >= 0.3 is 8.56 Å². The van der Waals surface area contributed by atoms with E-state index in [1.54, 1.807) is 0 Å². The number of hydrogen-bond acceptors (Lipinski definition) is 2. The Bertz CT molecular complexity index is 257. The van der Waals surface area contributed by atoms with Gasteiger partial charge in [0.25, 0.3) is 0 Å². The third-order valence-electron chi connectivity index (χ3n) is 2.71. The van der Waals surface area contributed by atoms with Gasteiger partial charge < -0.3 is 8.85 Å². The van der Waals surface area contributed by atoms with E-state index in [4.69, 9.17) is 8.85 Å². The zero-order valence-electron chi connectivity index (χ0n) is 12.2. The van der Waals surface area contributed by atoms with Crippen LogP contribution in [0.15, 0.2) is 11.6 Å². The fourth-order valence-electron chi connectivity index (χ4n) is 2.34. The molecule has 0 bridgehead atoms. The van der Waals surface area contributed by atoms with Gasteiger partial charge in [0.05, 0.1) is 0 Å². The van der Waals surface area contributed by atoms with Crippen molar-refractivity contribution in [2.45, 2.75) is 72.3 Å². The van der Waals surface area contributed by atoms with E-state index >= 15 is 0 Å². The fourth-order valence-corrected chi connectivity index (χ4v) is 5.69. The molecule has 0 aromatic carbocycles. The fraction of sp³-hybridized carbons (Fsp3) is 0.857. The molecule has 1 aliphatic rings. The third-order valence-corrected chi connectivity index (χ3v) is 5.85. The van der Waals surface area contributed by atoms with Crippen molar-refractivity contribution >= 4 is 8.56 Å². The van der Waals surface area contributed by atoms with Crippen LogP contribution in [0.4, 0.5) is 0 Å². The quantitative estimate of drug-likeness (QED) is 0.500. The summed E-state index contributed by atoms with van der Waals surface area (Å²) in [6.07, 6.45) is 5.65. The van der Waals surface area contributed by atoms with Gasteiger partial charge in [-0.25, -0.2) is 0 Å². The first-order valence-electron chi connectivity index (χ1n) is 6.83. The molecule has 0 N–H and O–H groups in total. The molecular weight excluding hydrogens is 228 g/mol. The van der Waals surface area contributed by atoms with Gasteiger partial charge in [-0.2, -0.15) is 0 Å². The summed E-state index contributed by atoms with van der Waals surface area (Å²) in [6.45, 7) is 12.8. The molecule has 2 nitrogen and oxygen atoms in total. The van der Waals surface area contributed by atoms with Crippen molar-refractivity contribution < 1.29 is 8.85 Å². The monoisotopic (exact) mass is 256 g/mol. The normalized spacial score (nSPS) is 18.2.